The fourth-order valence-corrected chi connectivity index (χ4v) is 0.898. The number of hydrogen-bond acceptors (Lipinski definition) is 5. The Morgan fingerprint density at radius 3 is 2.92 bits per heavy atom. The minimum atomic E-state index is -0.589. The third kappa shape index (κ3) is 2.19. The summed E-state index contributed by atoms with van der Waals surface area (Å²) < 4.78 is 0.786. The van der Waals surface area contributed by atoms with Crippen molar-refractivity contribution in [2.75, 3.05) is 5.73 Å². The van der Waals surface area contributed by atoms with Gasteiger partial charge in [-0.1, -0.05) is 11.6 Å². The Hall–Kier alpha value is -1.56. The molecule has 1 rings (SSSR count). The van der Waals surface area contributed by atoms with Crippen LogP contribution >= 0.6 is 11.6 Å². The van der Waals surface area contributed by atoms with Crippen molar-refractivity contribution < 1.29 is 9.63 Å². The van der Waals surface area contributed by atoms with Gasteiger partial charge in [0.05, 0.1) is 0 Å². The van der Waals surface area contributed by atoms with Crippen molar-refractivity contribution in [3.05, 3.63) is 16.8 Å². The van der Waals surface area contributed by atoms with Crippen molar-refractivity contribution in [1.82, 2.24) is 9.71 Å². The molecule has 6 nitrogen and oxygen atoms in total. The highest BCUT2D eigenvalue weighted by Crippen LogP contribution is 2.04. The summed E-state index contributed by atoms with van der Waals surface area (Å²) in [6.07, 6.45) is 0. The standard InChI is InChI=1S/C6H7ClN4O2/c1-3(12)13-11-5(8)2-4(7)10-6(11)9/h2,9H,8H2,1H3. The molecule has 1 aromatic heterocycles. The van der Waals surface area contributed by atoms with Gasteiger partial charge in [-0.2, -0.15) is 4.98 Å². The van der Waals surface area contributed by atoms with Gasteiger partial charge in [0.1, 0.15) is 11.0 Å². The van der Waals surface area contributed by atoms with E-state index in [0.29, 0.717) is 0 Å². The lowest BCUT2D eigenvalue weighted by atomic mass is 10.6. The van der Waals surface area contributed by atoms with Gasteiger partial charge in [0, 0.05) is 13.0 Å². The normalized spacial score (nSPS) is 9.69. The third-order valence-corrected chi connectivity index (χ3v) is 1.32. The molecule has 0 radical (unpaired) electrons. The maximum absolute atomic E-state index is 10.6. The largest absolute Gasteiger partial charge is 0.382 e. The number of nitrogen functional groups attached to an aromatic ring is 1. The highest BCUT2D eigenvalue weighted by Gasteiger charge is 2.04. The van der Waals surface area contributed by atoms with Gasteiger partial charge in [-0.3, -0.25) is 5.41 Å². The maximum atomic E-state index is 10.6. The Bertz CT molecular complexity index is 400. The molecule has 0 bridgehead atoms. The van der Waals surface area contributed by atoms with Crippen LogP contribution in [0.15, 0.2) is 6.07 Å². The Balaban J connectivity index is 3.21. The molecule has 0 aliphatic heterocycles. The number of hydrogen-bond donors (Lipinski definition) is 2. The maximum Gasteiger partial charge on any atom is 0.330 e. The summed E-state index contributed by atoms with van der Waals surface area (Å²) in [6, 6.07) is 1.28. The number of nitrogens with zero attached hydrogens (tertiary/aromatic N) is 2. The first-order valence-corrected chi connectivity index (χ1v) is 3.67. The van der Waals surface area contributed by atoms with Crippen LogP contribution in [-0.2, 0) is 4.79 Å². The molecule has 0 fully saturated rings. The average molecular weight is 203 g/mol. The Kier molecular flexibility index (Phi) is 2.52. The van der Waals surface area contributed by atoms with Crippen molar-refractivity contribution in [3.63, 3.8) is 0 Å². The predicted octanol–water partition coefficient (Wildman–Crippen LogP) is -0.427. The first-order chi connectivity index (χ1) is 6.00. The lowest BCUT2D eigenvalue weighted by Gasteiger charge is -2.07. The van der Waals surface area contributed by atoms with Crippen LogP contribution in [0, 0.1) is 5.41 Å². The number of carbonyl (C=O) groups is 1. The van der Waals surface area contributed by atoms with E-state index >= 15 is 0 Å². The first-order valence-electron chi connectivity index (χ1n) is 3.29. The second kappa shape index (κ2) is 3.44. The molecule has 0 aromatic carbocycles. The predicted molar refractivity (Wildman–Crippen MR) is 44.8 cm³/mol. The summed E-state index contributed by atoms with van der Waals surface area (Å²) in [5, 5.41) is 7.33. The molecular formula is C6H7ClN4O2. The molecule has 7 heteroatoms. The summed E-state index contributed by atoms with van der Waals surface area (Å²) in [5.41, 5.74) is 5.08. The number of nitrogens with one attached hydrogen (secondary N) is 1. The van der Waals surface area contributed by atoms with Gasteiger partial charge in [-0.15, -0.1) is 4.73 Å². The first kappa shape index (κ1) is 9.53. The molecule has 70 valence electrons. The Morgan fingerprint density at radius 2 is 2.46 bits per heavy atom. The number of anilines is 1. The third-order valence-electron chi connectivity index (χ3n) is 1.13. The number of rotatable bonds is 1. The van der Waals surface area contributed by atoms with E-state index in [4.69, 9.17) is 22.7 Å². The summed E-state index contributed by atoms with van der Waals surface area (Å²) in [4.78, 5) is 18.7. The quantitative estimate of drug-likeness (QED) is 0.605. The summed E-state index contributed by atoms with van der Waals surface area (Å²) in [7, 11) is 0. The van der Waals surface area contributed by atoms with E-state index in [9.17, 15) is 4.79 Å². The second-order valence-electron chi connectivity index (χ2n) is 2.20. The van der Waals surface area contributed by atoms with Gasteiger partial charge in [0.15, 0.2) is 0 Å². The molecule has 0 unspecified atom stereocenters. The molecule has 13 heavy (non-hydrogen) atoms. The molecule has 0 spiro atoms. The molecule has 0 saturated carbocycles. The highest BCUT2D eigenvalue weighted by atomic mass is 35.5. The smallest absolute Gasteiger partial charge is 0.330 e. The van der Waals surface area contributed by atoms with Crippen LogP contribution in [0.2, 0.25) is 5.15 Å². The van der Waals surface area contributed by atoms with E-state index in [1.807, 2.05) is 0 Å². The molecule has 0 atom stereocenters. The lowest BCUT2D eigenvalue weighted by molar-refractivity contribution is -0.141. The Labute approximate surface area is 78.4 Å². The van der Waals surface area contributed by atoms with Gasteiger partial charge >= 0.3 is 5.97 Å². The molecular weight excluding hydrogens is 196 g/mol. The summed E-state index contributed by atoms with van der Waals surface area (Å²) in [5.74, 6) is -0.547. The monoisotopic (exact) mass is 202 g/mol. The zero-order valence-electron chi connectivity index (χ0n) is 6.74. The minimum Gasteiger partial charge on any atom is -0.382 e. The van der Waals surface area contributed by atoms with Gasteiger partial charge < -0.3 is 10.6 Å². The topological polar surface area (TPSA) is 94.0 Å². The van der Waals surface area contributed by atoms with Crippen molar-refractivity contribution in [1.29, 1.82) is 5.41 Å². The number of nitrogens with two attached hydrogens (primary N) is 1. The van der Waals surface area contributed by atoms with E-state index in [2.05, 4.69) is 9.82 Å². The second-order valence-corrected chi connectivity index (χ2v) is 2.59. The number of halogens is 1. The van der Waals surface area contributed by atoms with E-state index in [0.717, 1.165) is 4.73 Å². The van der Waals surface area contributed by atoms with Crippen molar-refractivity contribution in [3.8, 4) is 0 Å². The molecule has 0 saturated heterocycles. The summed E-state index contributed by atoms with van der Waals surface area (Å²) in [6.45, 7) is 1.19. The van der Waals surface area contributed by atoms with Crippen LogP contribution < -0.4 is 16.2 Å². The van der Waals surface area contributed by atoms with Crippen molar-refractivity contribution in [2.45, 2.75) is 6.92 Å². The van der Waals surface area contributed by atoms with Crippen LogP contribution in [-0.4, -0.2) is 15.7 Å². The highest BCUT2D eigenvalue weighted by molar-refractivity contribution is 6.29. The van der Waals surface area contributed by atoms with Crippen molar-refractivity contribution >= 4 is 23.4 Å². The van der Waals surface area contributed by atoms with Gasteiger partial charge in [-0.25, -0.2) is 4.79 Å². The van der Waals surface area contributed by atoms with Gasteiger partial charge in [0.2, 0.25) is 0 Å². The zero-order valence-corrected chi connectivity index (χ0v) is 7.50. The molecule has 0 aliphatic rings. The average Bonchev–Trinajstić information content (AvgIpc) is 1.96. The van der Waals surface area contributed by atoms with Gasteiger partial charge in [-0.05, 0) is 0 Å². The SMILES string of the molecule is CC(=O)On1c(N)cc(Cl)nc1=N. The van der Waals surface area contributed by atoms with Crippen LogP contribution in [0.25, 0.3) is 0 Å². The lowest BCUT2D eigenvalue weighted by Crippen LogP contribution is -2.33. The zero-order chi connectivity index (χ0) is 10.0. The number of carbonyl (C=O) groups excluding carboxylic acids is 1. The molecule has 3 N–H and O–H groups in total. The van der Waals surface area contributed by atoms with E-state index in [1.165, 1.54) is 13.0 Å². The van der Waals surface area contributed by atoms with Crippen LogP contribution in [0.1, 0.15) is 6.92 Å². The minimum absolute atomic E-state index is 0.0419. The Morgan fingerprint density at radius 1 is 1.85 bits per heavy atom. The number of aromatic nitrogens is 2. The van der Waals surface area contributed by atoms with E-state index in [-0.39, 0.29) is 16.6 Å². The van der Waals surface area contributed by atoms with E-state index < -0.39 is 5.97 Å². The van der Waals surface area contributed by atoms with Crippen molar-refractivity contribution in [2.24, 2.45) is 0 Å². The van der Waals surface area contributed by atoms with Gasteiger partial charge in [0.25, 0.3) is 5.62 Å². The van der Waals surface area contributed by atoms with Crippen LogP contribution in [0.3, 0.4) is 0 Å². The van der Waals surface area contributed by atoms with E-state index in [1.54, 1.807) is 0 Å². The molecule has 1 heterocycles. The molecule has 0 aliphatic carbocycles. The molecule has 0 amide bonds. The summed E-state index contributed by atoms with van der Waals surface area (Å²) >= 11 is 5.49. The fourth-order valence-electron chi connectivity index (χ4n) is 0.706. The molecule has 1 aromatic rings. The van der Waals surface area contributed by atoms with Crippen LogP contribution in [0.5, 0.6) is 0 Å². The van der Waals surface area contributed by atoms with Crippen LogP contribution in [0.4, 0.5) is 5.82 Å². The fraction of sp³-hybridized carbons (Fsp3) is 0.167.